The molecule has 2 rings (SSSR count). The molecule has 0 bridgehead atoms. The largest absolute Gasteiger partial charge is 0.348 e. The zero-order valence-electron chi connectivity index (χ0n) is 10.4. The summed E-state index contributed by atoms with van der Waals surface area (Å²) in [7, 11) is 0. The van der Waals surface area contributed by atoms with Gasteiger partial charge in [-0.15, -0.1) is 0 Å². The molecule has 0 fully saturated rings. The van der Waals surface area contributed by atoms with Gasteiger partial charge < -0.3 is 5.32 Å². The molecule has 19 heavy (non-hydrogen) atoms. The third-order valence-corrected chi connectivity index (χ3v) is 3.91. The van der Waals surface area contributed by atoms with E-state index < -0.39 is 0 Å². The van der Waals surface area contributed by atoms with Crippen LogP contribution >= 0.6 is 27.5 Å². The fourth-order valence-electron chi connectivity index (χ4n) is 1.62. The molecule has 4 heteroatoms. The molecule has 98 valence electrons. The van der Waals surface area contributed by atoms with Gasteiger partial charge in [-0.3, -0.25) is 4.79 Å². The molecule has 0 saturated heterocycles. The first kappa shape index (κ1) is 14.1. The van der Waals surface area contributed by atoms with Crippen molar-refractivity contribution in [3.05, 3.63) is 68.7 Å². The second-order valence-corrected chi connectivity index (χ2v) is 5.56. The molecule has 0 heterocycles. The molecule has 2 aromatic rings. The Hall–Kier alpha value is -1.32. The van der Waals surface area contributed by atoms with E-state index in [0.29, 0.717) is 17.1 Å². The van der Waals surface area contributed by atoms with E-state index in [4.69, 9.17) is 11.6 Å². The summed E-state index contributed by atoms with van der Waals surface area (Å²) in [5.74, 6) is -0.0874. The standard InChI is InChI=1S/C15H13BrClNO/c1-10-2-5-12(8-14(10)16)15(19)18-9-11-3-6-13(17)7-4-11/h2-8H,9H2,1H3,(H,18,19). The van der Waals surface area contributed by atoms with Crippen LogP contribution in [0.2, 0.25) is 5.02 Å². The van der Waals surface area contributed by atoms with Gasteiger partial charge in [-0.1, -0.05) is 45.7 Å². The predicted molar refractivity (Wildman–Crippen MR) is 81.5 cm³/mol. The molecular formula is C15H13BrClNO. The average molecular weight is 339 g/mol. The molecule has 0 radical (unpaired) electrons. The number of hydrogen-bond donors (Lipinski definition) is 1. The van der Waals surface area contributed by atoms with Crippen molar-refractivity contribution in [2.75, 3.05) is 0 Å². The lowest BCUT2D eigenvalue weighted by atomic mass is 10.1. The van der Waals surface area contributed by atoms with Crippen molar-refractivity contribution in [1.82, 2.24) is 5.32 Å². The van der Waals surface area contributed by atoms with Crippen molar-refractivity contribution in [3.8, 4) is 0 Å². The highest BCUT2D eigenvalue weighted by atomic mass is 79.9. The Labute approximate surface area is 125 Å². The van der Waals surface area contributed by atoms with Crippen LogP contribution in [0, 0.1) is 6.92 Å². The Bertz CT molecular complexity index is 596. The van der Waals surface area contributed by atoms with Crippen molar-refractivity contribution in [3.63, 3.8) is 0 Å². The lowest BCUT2D eigenvalue weighted by Crippen LogP contribution is -2.22. The Morgan fingerprint density at radius 1 is 1.21 bits per heavy atom. The van der Waals surface area contributed by atoms with Crippen molar-refractivity contribution in [2.24, 2.45) is 0 Å². The topological polar surface area (TPSA) is 29.1 Å². The molecule has 0 spiro atoms. The average Bonchev–Trinajstić information content (AvgIpc) is 2.41. The number of rotatable bonds is 3. The number of carbonyl (C=O) groups is 1. The quantitative estimate of drug-likeness (QED) is 0.886. The predicted octanol–water partition coefficient (Wildman–Crippen LogP) is 4.34. The second kappa shape index (κ2) is 6.22. The van der Waals surface area contributed by atoms with Gasteiger partial charge in [-0.05, 0) is 42.3 Å². The van der Waals surface area contributed by atoms with E-state index in [2.05, 4.69) is 21.2 Å². The zero-order valence-corrected chi connectivity index (χ0v) is 12.8. The maximum absolute atomic E-state index is 12.0. The molecule has 0 atom stereocenters. The molecule has 0 aromatic heterocycles. The molecule has 2 aromatic carbocycles. The highest BCUT2D eigenvalue weighted by Gasteiger charge is 2.06. The normalized spacial score (nSPS) is 10.3. The van der Waals surface area contributed by atoms with Crippen LogP contribution in [0.3, 0.4) is 0 Å². The molecule has 1 N–H and O–H groups in total. The smallest absolute Gasteiger partial charge is 0.251 e. The van der Waals surface area contributed by atoms with E-state index in [0.717, 1.165) is 15.6 Å². The van der Waals surface area contributed by atoms with E-state index in [-0.39, 0.29) is 5.91 Å². The van der Waals surface area contributed by atoms with Crippen molar-refractivity contribution < 1.29 is 4.79 Å². The van der Waals surface area contributed by atoms with E-state index in [9.17, 15) is 4.79 Å². The third-order valence-electron chi connectivity index (χ3n) is 2.80. The van der Waals surface area contributed by atoms with Crippen LogP contribution in [0.15, 0.2) is 46.9 Å². The van der Waals surface area contributed by atoms with Crippen LogP contribution in [0.1, 0.15) is 21.5 Å². The van der Waals surface area contributed by atoms with E-state index >= 15 is 0 Å². The molecule has 0 unspecified atom stereocenters. The van der Waals surface area contributed by atoms with Gasteiger partial charge in [0.2, 0.25) is 0 Å². The first-order valence-electron chi connectivity index (χ1n) is 5.85. The SMILES string of the molecule is Cc1ccc(C(=O)NCc2ccc(Cl)cc2)cc1Br. The summed E-state index contributed by atoms with van der Waals surface area (Å²) in [6.45, 7) is 2.47. The van der Waals surface area contributed by atoms with E-state index in [1.54, 1.807) is 0 Å². The summed E-state index contributed by atoms with van der Waals surface area (Å²) in [5.41, 5.74) is 2.77. The number of carbonyl (C=O) groups excluding carboxylic acids is 1. The fraction of sp³-hybridized carbons (Fsp3) is 0.133. The Balaban J connectivity index is 2.01. The molecule has 1 amide bonds. The third kappa shape index (κ3) is 3.82. The monoisotopic (exact) mass is 337 g/mol. The minimum Gasteiger partial charge on any atom is -0.348 e. The van der Waals surface area contributed by atoms with Crippen LogP contribution < -0.4 is 5.32 Å². The molecule has 0 aliphatic carbocycles. The minimum atomic E-state index is -0.0874. The summed E-state index contributed by atoms with van der Waals surface area (Å²) in [6.07, 6.45) is 0. The van der Waals surface area contributed by atoms with Crippen molar-refractivity contribution in [1.29, 1.82) is 0 Å². The maximum atomic E-state index is 12.0. The van der Waals surface area contributed by atoms with Crippen LogP contribution in [0.5, 0.6) is 0 Å². The molecule has 0 aliphatic rings. The Morgan fingerprint density at radius 2 is 1.89 bits per heavy atom. The number of amides is 1. The minimum absolute atomic E-state index is 0.0874. The summed E-state index contributed by atoms with van der Waals surface area (Å²) in [5, 5.41) is 3.57. The lowest BCUT2D eigenvalue weighted by molar-refractivity contribution is 0.0951. The fourth-order valence-corrected chi connectivity index (χ4v) is 2.13. The maximum Gasteiger partial charge on any atom is 0.251 e. The molecule has 0 saturated carbocycles. The van der Waals surface area contributed by atoms with Gasteiger partial charge in [0.15, 0.2) is 0 Å². The molecule has 0 aliphatic heterocycles. The summed E-state index contributed by atoms with van der Waals surface area (Å²) >= 11 is 9.23. The number of nitrogens with one attached hydrogen (secondary N) is 1. The summed E-state index contributed by atoms with van der Waals surface area (Å²) in [6, 6.07) is 13.0. The van der Waals surface area contributed by atoms with Crippen molar-refractivity contribution >= 4 is 33.4 Å². The van der Waals surface area contributed by atoms with Gasteiger partial charge in [0.05, 0.1) is 0 Å². The summed E-state index contributed by atoms with van der Waals surface area (Å²) < 4.78 is 0.937. The van der Waals surface area contributed by atoms with Gasteiger partial charge in [0.1, 0.15) is 0 Å². The molecule has 2 nitrogen and oxygen atoms in total. The number of hydrogen-bond acceptors (Lipinski definition) is 1. The number of benzene rings is 2. The highest BCUT2D eigenvalue weighted by molar-refractivity contribution is 9.10. The number of halogens is 2. The Morgan fingerprint density at radius 3 is 2.53 bits per heavy atom. The van der Waals surface area contributed by atoms with Crippen LogP contribution in [0.4, 0.5) is 0 Å². The zero-order chi connectivity index (χ0) is 13.8. The number of aryl methyl sites for hydroxylation is 1. The molecular weight excluding hydrogens is 326 g/mol. The van der Waals surface area contributed by atoms with Crippen LogP contribution in [-0.2, 0) is 6.54 Å². The van der Waals surface area contributed by atoms with Gasteiger partial charge in [-0.2, -0.15) is 0 Å². The summed E-state index contributed by atoms with van der Waals surface area (Å²) in [4.78, 5) is 12.0. The van der Waals surface area contributed by atoms with Gasteiger partial charge in [0.25, 0.3) is 5.91 Å². The van der Waals surface area contributed by atoms with Crippen LogP contribution in [-0.4, -0.2) is 5.91 Å². The van der Waals surface area contributed by atoms with Gasteiger partial charge >= 0.3 is 0 Å². The van der Waals surface area contributed by atoms with Gasteiger partial charge in [0, 0.05) is 21.6 Å². The second-order valence-electron chi connectivity index (χ2n) is 4.27. The highest BCUT2D eigenvalue weighted by Crippen LogP contribution is 2.17. The first-order valence-corrected chi connectivity index (χ1v) is 7.02. The lowest BCUT2D eigenvalue weighted by Gasteiger charge is -2.07. The first-order chi connectivity index (χ1) is 9.06. The van der Waals surface area contributed by atoms with E-state index in [1.807, 2.05) is 49.4 Å². The van der Waals surface area contributed by atoms with Gasteiger partial charge in [-0.25, -0.2) is 0 Å². The Kier molecular flexibility index (Phi) is 4.61. The van der Waals surface area contributed by atoms with Crippen LogP contribution in [0.25, 0.3) is 0 Å². The van der Waals surface area contributed by atoms with Crippen molar-refractivity contribution in [2.45, 2.75) is 13.5 Å². The van der Waals surface area contributed by atoms with E-state index in [1.165, 1.54) is 0 Å².